The van der Waals surface area contributed by atoms with E-state index in [9.17, 15) is 0 Å². The van der Waals surface area contributed by atoms with Gasteiger partial charge in [-0.25, -0.2) is 0 Å². The lowest BCUT2D eigenvalue weighted by atomic mass is 10.7. The largest absolute Gasteiger partial charge is 0.370 e. The van der Waals surface area contributed by atoms with Crippen molar-refractivity contribution in [2.75, 3.05) is 0 Å². The maximum atomic E-state index is 5.38. The summed E-state index contributed by atoms with van der Waals surface area (Å²) in [7, 11) is 0. The van der Waals surface area contributed by atoms with Crippen molar-refractivity contribution in [2.45, 2.75) is 5.88 Å². The van der Waals surface area contributed by atoms with Crippen LogP contribution in [-0.2, 0) is 5.88 Å². The zero-order chi connectivity index (χ0) is 8.27. The third-order valence-corrected chi connectivity index (χ3v) is 1.04. The van der Waals surface area contributed by atoms with Gasteiger partial charge in [-0.2, -0.15) is 9.98 Å². The first kappa shape index (κ1) is 7.80. The number of hydrogen-bond acceptors (Lipinski definition) is 4. The van der Waals surface area contributed by atoms with E-state index in [1.54, 1.807) is 0 Å². The predicted molar refractivity (Wildman–Crippen MR) is 39.3 cm³/mol. The molecule has 0 radical (unpaired) electrons. The molecule has 0 unspecified atom stereocenters. The van der Waals surface area contributed by atoms with Gasteiger partial charge in [0.05, 0.1) is 5.88 Å². The SMILES string of the molecule is NC(N)=Nc1nc(CCl)no1. The van der Waals surface area contributed by atoms with Gasteiger partial charge in [-0.15, -0.1) is 11.6 Å². The van der Waals surface area contributed by atoms with E-state index in [0.717, 1.165) is 0 Å². The standard InChI is InChI=1S/C4H6ClN5O/c5-1-2-8-4(11-10-2)9-3(6)7/h1H2,(H4,6,7,8,9,10). The summed E-state index contributed by atoms with van der Waals surface area (Å²) in [5.41, 5.74) is 10.1. The van der Waals surface area contributed by atoms with Crippen LogP contribution in [0.4, 0.5) is 6.01 Å². The molecule has 0 atom stereocenters. The molecule has 0 saturated carbocycles. The summed E-state index contributed by atoms with van der Waals surface area (Å²) in [5.74, 6) is 0.394. The van der Waals surface area contributed by atoms with Crippen LogP contribution in [0.5, 0.6) is 0 Å². The number of aromatic nitrogens is 2. The van der Waals surface area contributed by atoms with E-state index in [1.165, 1.54) is 0 Å². The molecule has 0 amide bonds. The molecule has 11 heavy (non-hydrogen) atoms. The molecule has 0 saturated heterocycles. The van der Waals surface area contributed by atoms with Crippen LogP contribution in [0.3, 0.4) is 0 Å². The molecule has 7 heteroatoms. The Kier molecular flexibility index (Phi) is 2.27. The molecular formula is C4H6ClN5O. The molecule has 0 spiro atoms. The van der Waals surface area contributed by atoms with Gasteiger partial charge >= 0.3 is 6.01 Å². The number of guanidine groups is 1. The lowest BCUT2D eigenvalue weighted by Crippen LogP contribution is -2.21. The summed E-state index contributed by atoms with van der Waals surface area (Å²) in [5, 5.41) is 3.45. The smallest absolute Gasteiger partial charge is 0.350 e. The lowest BCUT2D eigenvalue weighted by Gasteiger charge is -1.82. The Hall–Kier alpha value is -1.30. The number of aliphatic imine (C=N–C) groups is 1. The van der Waals surface area contributed by atoms with Crippen LogP contribution >= 0.6 is 11.6 Å². The predicted octanol–water partition coefficient (Wildman–Crippen LogP) is -0.287. The van der Waals surface area contributed by atoms with Gasteiger partial charge in [0.25, 0.3) is 0 Å². The van der Waals surface area contributed by atoms with Crippen molar-refractivity contribution < 1.29 is 4.52 Å². The molecule has 60 valence electrons. The molecule has 4 N–H and O–H groups in total. The van der Waals surface area contributed by atoms with Crippen molar-refractivity contribution in [3.8, 4) is 0 Å². The molecule has 1 heterocycles. The second-order valence-corrected chi connectivity index (χ2v) is 1.93. The average molecular weight is 176 g/mol. The fraction of sp³-hybridized carbons (Fsp3) is 0.250. The lowest BCUT2D eigenvalue weighted by molar-refractivity contribution is 0.423. The minimum absolute atomic E-state index is 0.0145. The monoisotopic (exact) mass is 175 g/mol. The van der Waals surface area contributed by atoms with E-state index in [4.69, 9.17) is 23.1 Å². The van der Waals surface area contributed by atoms with Crippen LogP contribution in [0.15, 0.2) is 9.52 Å². The molecule has 0 fully saturated rings. The fourth-order valence-corrected chi connectivity index (χ4v) is 0.563. The van der Waals surface area contributed by atoms with Crippen LogP contribution in [0.25, 0.3) is 0 Å². The second kappa shape index (κ2) is 3.20. The van der Waals surface area contributed by atoms with Crippen LogP contribution in [0.2, 0.25) is 0 Å². The number of alkyl halides is 1. The van der Waals surface area contributed by atoms with E-state index < -0.39 is 0 Å². The third kappa shape index (κ3) is 2.08. The van der Waals surface area contributed by atoms with Crippen molar-refractivity contribution in [1.29, 1.82) is 0 Å². The summed E-state index contributed by atoms with van der Waals surface area (Å²) in [6, 6.07) is 0.0145. The van der Waals surface area contributed by atoms with E-state index >= 15 is 0 Å². The summed E-state index contributed by atoms with van der Waals surface area (Å²) < 4.78 is 4.57. The van der Waals surface area contributed by atoms with E-state index in [-0.39, 0.29) is 17.9 Å². The maximum absolute atomic E-state index is 5.38. The van der Waals surface area contributed by atoms with E-state index in [2.05, 4.69) is 19.7 Å². The Morgan fingerprint density at radius 2 is 2.36 bits per heavy atom. The highest BCUT2D eigenvalue weighted by Crippen LogP contribution is 2.07. The minimum atomic E-state index is -0.130. The van der Waals surface area contributed by atoms with Crippen molar-refractivity contribution in [3.63, 3.8) is 0 Å². The Balaban J connectivity index is 2.81. The first-order valence-electron chi connectivity index (χ1n) is 2.70. The normalized spacial score (nSPS) is 9.55. The molecule has 0 aliphatic rings. The fourth-order valence-electron chi connectivity index (χ4n) is 0.455. The third-order valence-electron chi connectivity index (χ3n) is 0.802. The van der Waals surface area contributed by atoms with Gasteiger partial charge in [-0.1, -0.05) is 5.16 Å². The van der Waals surface area contributed by atoms with Gasteiger partial charge in [0.2, 0.25) is 0 Å². The first-order valence-corrected chi connectivity index (χ1v) is 3.24. The van der Waals surface area contributed by atoms with E-state index in [0.29, 0.717) is 5.82 Å². The Morgan fingerprint density at radius 3 is 2.82 bits per heavy atom. The summed E-state index contributed by atoms with van der Waals surface area (Å²) >= 11 is 5.38. The second-order valence-electron chi connectivity index (χ2n) is 1.66. The van der Waals surface area contributed by atoms with Crippen LogP contribution in [-0.4, -0.2) is 16.1 Å². The summed E-state index contributed by atoms with van der Waals surface area (Å²) in [6.45, 7) is 0. The molecule has 6 nitrogen and oxygen atoms in total. The molecular weight excluding hydrogens is 170 g/mol. The number of nitrogens with two attached hydrogens (primary N) is 2. The molecule has 0 aromatic carbocycles. The van der Waals surface area contributed by atoms with Gasteiger partial charge in [0.1, 0.15) is 0 Å². The minimum Gasteiger partial charge on any atom is -0.370 e. The van der Waals surface area contributed by atoms with Gasteiger partial charge in [0, 0.05) is 0 Å². The first-order chi connectivity index (χ1) is 5.22. The molecule has 1 aromatic rings. The summed E-state index contributed by atoms with van der Waals surface area (Å²) in [6.07, 6.45) is 0. The topological polar surface area (TPSA) is 103 Å². The molecule has 0 aliphatic carbocycles. The van der Waals surface area contributed by atoms with Crippen LogP contribution < -0.4 is 11.5 Å². The quantitative estimate of drug-likeness (QED) is 0.365. The number of hydrogen-bond donors (Lipinski definition) is 2. The average Bonchev–Trinajstić information content (AvgIpc) is 2.34. The summed E-state index contributed by atoms with van der Waals surface area (Å²) in [4.78, 5) is 7.21. The van der Waals surface area contributed by atoms with Gasteiger partial charge in [-0.05, 0) is 0 Å². The Morgan fingerprint density at radius 1 is 1.64 bits per heavy atom. The molecule has 1 aromatic heterocycles. The number of halogens is 1. The highest BCUT2D eigenvalue weighted by atomic mass is 35.5. The van der Waals surface area contributed by atoms with Crippen molar-refractivity contribution in [2.24, 2.45) is 16.5 Å². The highest BCUT2D eigenvalue weighted by Gasteiger charge is 2.02. The highest BCUT2D eigenvalue weighted by molar-refractivity contribution is 6.16. The van der Waals surface area contributed by atoms with Crippen LogP contribution in [0, 0.1) is 0 Å². The van der Waals surface area contributed by atoms with Crippen molar-refractivity contribution in [1.82, 2.24) is 10.1 Å². The van der Waals surface area contributed by atoms with Gasteiger partial charge in [0.15, 0.2) is 11.8 Å². The zero-order valence-electron chi connectivity index (χ0n) is 5.49. The number of rotatable bonds is 2. The van der Waals surface area contributed by atoms with Crippen molar-refractivity contribution in [3.05, 3.63) is 5.82 Å². The molecule has 0 aliphatic heterocycles. The maximum Gasteiger partial charge on any atom is 0.350 e. The number of nitrogens with zero attached hydrogens (tertiary/aromatic N) is 3. The van der Waals surface area contributed by atoms with Gasteiger partial charge < -0.3 is 16.0 Å². The Labute approximate surface area is 67.2 Å². The molecule has 0 bridgehead atoms. The van der Waals surface area contributed by atoms with Crippen molar-refractivity contribution >= 4 is 23.6 Å². The van der Waals surface area contributed by atoms with Gasteiger partial charge in [-0.3, -0.25) is 0 Å². The Bertz CT molecular complexity index is 265. The zero-order valence-corrected chi connectivity index (χ0v) is 6.25. The van der Waals surface area contributed by atoms with E-state index in [1.807, 2.05) is 0 Å². The molecule has 1 rings (SSSR count). The van der Waals surface area contributed by atoms with Crippen LogP contribution in [0.1, 0.15) is 5.82 Å².